The van der Waals surface area contributed by atoms with Crippen LogP contribution >= 0.6 is 11.6 Å². The lowest BCUT2D eigenvalue weighted by Gasteiger charge is -2.22. The lowest BCUT2D eigenvalue weighted by molar-refractivity contribution is -0.145. The zero-order valence-electron chi connectivity index (χ0n) is 18.3. The van der Waals surface area contributed by atoms with Crippen LogP contribution in [-0.2, 0) is 22.8 Å². The fraction of sp³-hybridized carbons (Fsp3) is 0.333. The number of allylic oxidation sites excluding steroid dienone is 3. The maximum Gasteiger partial charge on any atom is 0.431 e. The molecule has 0 N–H and O–H groups in total. The molecule has 0 bridgehead atoms. The lowest BCUT2D eigenvalue weighted by atomic mass is 10.1. The van der Waals surface area contributed by atoms with E-state index in [0.717, 1.165) is 13.1 Å². The Kier molecular flexibility index (Phi) is 7.68. The van der Waals surface area contributed by atoms with Gasteiger partial charge in [-0.1, -0.05) is 11.6 Å². The molecule has 0 aliphatic heterocycles. The van der Waals surface area contributed by atoms with Gasteiger partial charge in [-0.3, -0.25) is 9.36 Å². The van der Waals surface area contributed by atoms with Gasteiger partial charge in [0.1, 0.15) is 17.6 Å². The van der Waals surface area contributed by atoms with Crippen molar-refractivity contribution >= 4 is 23.3 Å². The monoisotopic (exact) mass is 519 g/mol. The summed E-state index contributed by atoms with van der Waals surface area (Å²) in [6, 6.07) is 3.05. The Morgan fingerprint density at radius 3 is 2.69 bits per heavy atom. The number of hydrogen-bond donors (Lipinski definition) is 0. The van der Waals surface area contributed by atoms with E-state index < -0.39 is 54.0 Å². The first kappa shape index (κ1) is 26.0. The molecule has 2 heterocycles. The number of aromatic nitrogens is 3. The van der Waals surface area contributed by atoms with Crippen molar-refractivity contribution in [3.63, 3.8) is 0 Å². The number of ether oxygens (including phenoxy) is 3. The summed E-state index contributed by atoms with van der Waals surface area (Å²) in [7, 11) is 0.806. The number of carbonyl (C=O) groups excluding carboxylic acids is 1. The molecule has 2 aromatic rings. The highest BCUT2D eigenvalue weighted by atomic mass is 35.5. The van der Waals surface area contributed by atoms with Gasteiger partial charge in [-0.15, -0.1) is 0 Å². The van der Waals surface area contributed by atoms with E-state index in [-0.39, 0.29) is 44.2 Å². The number of carbonyl (C=O) groups is 1. The van der Waals surface area contributed by atoms with Gasteiger partial charge in [0.2, 0.25) is 0 Å². The zero-order chi connectivity index (χ0) is 25.9. The van der Waals surface area contributed by atoms with Crippen molar-refractivity contribution in [2.75, 3.05) is 13.2 Å². The van der Waals surface area contributed by atoms with Crippen LogP contribution in [0, 0.1) is 0 Å². The van der Waals surface area contributed by atoms with Crippen molar-refractivity contribution in [3.05, 3.63) is 67.8 Å². The molecule has 0 spiro atoms. The molecule has 9 nitrogen and oxygen atoms in total. The molecular weight excluding hydrogens is 502 g/mol. The number of pyridine rings is 1. The molecule has 14 heteroatoms. The van der Waals surface area contributed by atoms with Crippen LogP contribution in [0.2, 0.25) is 0 Å². The Morgan fingerprint density at radius 2 is 2.03 bits per heavy atom. The number of alkyl halides is 4. The SMILES string of the molecule is CCOC(=O)COc1ncccc1OC1=C(Cl)CC(F)C(n2c(=O)cc(C(F)(F)F)n(C)c2=O)=C1. The Labute approximate surface area is 199 Å². The highest BCUT2D eigenvalue weighted by Gasteiger charge is 2.36. The van der Waals surface area contributed by atoms with Crippen molar-refractivity contribution in [2.45, 2.75) is 25.7 Å². The topological polar surface area (TPSA) is 102 Å². The van der Waals surface area contributed by atoms with Gasteiger partial charge < -0.3 is 14.2 Å². The highest BCUT2D eigenvalue weighted by Crippen LogP contribution is 2.35. The Balaban J connectivity index is 1.99. The first-order chi connectivity index (χ1) is 16.4. The molecule has 0 aromatic carbocycles. The fourth-order valence-electron chi connectivity index (χ4n) is 3.10. The third-order valence-corrected chi connectivity index (χ3v) is 5.02. The van der Waals surface area contributed by atoms with Crippen LogP contribution in [0.5, 0.6) is 11.6 Å². The first-order valence-corrected chi connectivity index (χ1v) is 10.4. The summed E-state index contributed by atoms with van der Waals surface area (Å²) in [5.41, 5.74) is -4.84. The van der Waals surface area contributed by atoms with E-state index in [4.69, 9.17) is 25.8 Å². The van der Waals surface area contributed by atoms with Crippen molar-refractivity contribution in [1.82, 2.24) is 14.1 Å². The molecule has 1 atom stereocenters. The summed E-state index contributed by atoms with van der Waals surface area (Å²) in [6.45, 7) is 1.26. The molecule has 1 aliphatic carbocycles. The largest absolute Gasteiger partial charge is 0.463 e. The van der Waals surface area contributed by atoms with Gasteiger partial charge in [0.25, 0.3) is 11.4 Å². The molecule has 3 rings (SSSR count). The van der Waals surface area contributed by atoms with Crippen molar-refractivity contribution in [2.24, 2.45) is 7.05 Å². The van der Waals surface area contributed by atoms with Gasteiger partial charge in [0.05, 0.1) is 17.3 Å². The molecule has 1 unspecified atom stereocenters. The molecule has 0 saturated carbocycles. The minimum Gasteiger partial charge on any atom is -0.463 e. The Bertz CT molecular complexity index is 1320. The number of hydrogen-bond acceptors (Lipinski definition) is 7. The van der Waals surface area contributed by atoms with Crippen LogP contribution < -0.4 is 20.7 Å². The average Bonchev–Trinajstić information content (AvgIpc) is 2.78. The van der Waals surface area contributed by atoms with Crippen LogP contribution in [0.4, 0.5) is 17.6 Å². The summed E-state index contributed by atoms with van der Waals surface area (Å²) in [5, 5.41) is -0.141. The first-order valence-electron chi connectivity index (χ1n) is 10.00. The van der Waals surface area contributed by atoms with Crippen molar-refractivity contribution in [3.8, 4) is 11.6 Å². The van der Waals surface area contributed by atoms with Crippen LogP contribution in [0.25, 0.3) is 5.70 Å². The van der Waals surface area contributed by atoms with E-state index in [9.17, 15) is 31.9 Å². The standard InChI is InChI=1S/C21H18ClF4N3O6/c1-3-33-18(31)10-34-19-14(5-4-6-27-19)35-15-8-13(12(23)7-11(15)22)29-17(30)9-16(21(24,25)26)28(2)20(29)32/h4-6,8-9,12H,3,7,10H2,1-2H3. The van der Waals surface area contributed by atoms with E-state index >= 15 is 0 Å². The molecule has 0 amide bonds. The molecule has 0 fully saturated rings. The molecule has 0 saturated heterocycles. The van der Waals surface area contributed by atoms with E-state index in [0.29, 0.717) is 0 Å². The second kappa shape index (κ2) is 10.3. The van der Waals surface area contributed by atoms with Crippen LogP contribution in [0.15, 0.2) is 50.9 Å². The van der Waals surface area contributed by atoms with E-state index in [1.165, 1.54) is 18.3 Å². The smallest absolute Gasteiger partial charge is 0.431 e. The molecule has 1 aliphatic rings. The summed E-state index contributed by atoms with van der Waals surface area (Å²) < 4.78 is 70.3. The van der Waals surface area contributed by atoms with Gasteiger partial charge in [-0.2, -0.15) is 13.2 Å². The maximum absolute atomic E-state index is 14.8. The molecular formula is C21H18ClF4N3O6. The van der Waals surface area contributed by atoms with Gasteiger partial charge in [-0.05, 0) is 19.1 Å². The van der Waals surface area contributed by atoms with Crippen molar-refractivity contribution < 1.29 is 36.6 Å². The summed E-state index contributed by atoms with van der Waals surface area (Å²) in [5.74, 6) is -1.07. The van der Waals surface area contributed by atoms with Gasteiger partial charge in [0.15, 0.2) is 12.4 Å². The minimum absolute atomic E-state index is 0.0504. The minimum atomic E-state index is -4.97. The molecule has 0 radical (unpaired) electrons. The normalized spacial score (nSPS) is 16.1. The average molecular weight is 520 g/mol. The number of esters is 1. The molecule has 35 heavy (non-hydrogen) atoms. The lowest BCUT2D eigenvalue weighted by Crippen LogP contribution is -2.43. The predicted octanol–water partition coefficient (Wildman–Crippen LogP) is 3.01. The van der Waals surface area contributed by atoms with E-state index in [1.807, 2.05) is 0 Å². The summed E-state index contributed by atoms with van der Waals surface area (Å²) in [4.78, 5) is 40.4. The van der Waals surface area contributed by atoms with E-state index in [2.05, 4.69) is 4.98 Å². The molecule has 188 valence electrons. The maximum atomic E-state index is 14.8. The summed E-state index contributed by atoms with van der Waals surface area (Å²) in [6.07, 6.45) is -5.23. The second-order valence-corrected chi connectivity index (χ2v) is 7.51. The number of halogens is 5. The number of rotatable bonds is 7. The van der Waals surface area contributed by atoms with Gasteiger partial charge in [-0.25, -0.2) is 23.5 Å². The van der Waals surface area contributed by atoms with E-state index in [1.54, 1.807) is 6.92 Å². The Morgan fingerprint density at radius 1 is 1.31 bits per heavy atom. The summed E-state index contributed by atoms with van der Waals surface area (Å²) >= 11 is 6.11. The van der Waals surface area contributed by atoms with Crippen molar-refractivity contribution in [1.29, 1.82) is 0 Å². The quantitative estimate of drug-likeness (QED) is 0.409. The number of nitrogens with zero attached hydrogens (tertiary/aromatic N) is 3. The van der Waals surface area contributed by atoms with Gasteiger partial charge in [0, 0.05) is 31.8 Å². The van der Waals surface area contributed by atoms with Crippen LogP contribution in [0.3, 0.4) is 0 Å². The zero-order valence-corrected chi connectivity index (χ0v) is 19.0. The van der Waals surface area contributed by atoms with Crippen LogP contribution in [-0.4, -0.2) is 39.5 Å². The fourth-order valence-corrected chi connectivity index (χ4v) is 3.33. The second-order valence-electron chi connectivity index (χ2n) is 7.06. The third-order valence-electron chi connectivity index (χ3n) is 4.68. The Hall–Kier alpha value is -3.61. The van der Waals surface area contributed by atoms with Gasteiger partial charge >= 0.3 is 17.8 Å². The molecule has 2 aromatic heterocycles. The predicted molar refractivity (Wildman–Crippen MR) is 115 cm³/mol. The third kappa shape index (κ3) is 5.73. The highest BCUT2D eigenvalue weighted by molar-refractivity contribution is 6.30. The van der Waals surface area contributed by atoms with Crippen LogP contribution in [0.1, 0.15) is 19.0 Å².